The SMILES string of the molecule is CCCCCCCCC(=O)COCC(COCC(=O)CCCCCCC/C=C/CC(CCCCCC)OC)OCC(=O)CCCCCCC/C=C/CC(CCCCCC)OC. The zero-order valence-corrected chi connectivity index (χ0v) is 40.7. The van der Waals surface area contributed by atoms with Gasteiger partial charge in [-0.15, -0.1) is 0 Å². The third-order valence-electron chi connectivity index (χ3n) is 11.6. The van der Waals surface area contributed by atoms with Crippen LogP contribution < -0.4 is 0 Å². The van der Waals surface area contributed by atoms with Crippen molar-refractivity contribution in [3.8, 4) is 0 Å². The number of ketones is 3. The van der Waals surface area contributed by atoms with E-state index in [0.717, 1.165) is 89.9 Å². The average molecular weight is 863 g/mol. The van der Waals surface area contributed by atoms with Crippen molar-refractivity contribution < 1.29 is 38.1 Å². The first-order valence-electron chi connectivity index (χ1n) is 25.6. The van der Waals surface area contributed by atoms with Crippen LogP contribution >= 0.6 is 0 Å². The van der Waals surface area contributed by atoms with Gasteiger partial charge < -0.3 is 23.7 Å². The number of hydrogen-bond acceptors (Lipinski definition) is 8. The molecule has 0 aliphatic heterocycles. The second-order valence-electron chi connectivity index (χ2n) is 17.5. The van der Waals surface area contributed by atoms with Crippen LogP contribution in [0.3, 0.4) is 0 Å². The van der Waals surface area contributed by atoms with Gasteiger partial charge in [-0.25, -0.2) is 0 Å². The molecule has 0 N–H and O–H groups in total. The van der Waals surface area contributed by atoms with Gasteiger partial charge in [-0.05, 0) is 70.6 Å². The third-order valence-corrected chi connectivity index (χ3v) is 11.6. The van der Waals surface area contributed by atoms with E-state index < -0.39 is 6.10 Å². The molecule has 61 heavy (non-hydrogen) atoms. The van der Waals surface area contributed by atoms with Gasteiger partial charge in [-0.1, -0.05) is 167 Å². The van der Waals surface area contributed by atoms with Crippen molar-refractivity contribution in [2.75, 3.05) is 47.3 Å². The summed E-state index contributed by atoms with van der Waals surface area (Å²) < 4.78 is 28.7. The molecular weight excluding hydrogens is 765 g/mol. The smallest absolute Gasteiger partial charge is 0.158 e. The lowest BCUT2D eigenvalue weighted by molar-refractivity contribution is -0.135. The van der Waals surface area contributed by atoms with Crippen LogP contribution in [0.1, 0.15) is 233 Å². The molecule has 0 aromatic carbocycles. The summed E-state index contributed by atoms with van der Waals surface area (Å²) in [6.07, 6.45) is 45.1. The van der Waals surface area contributed by atoms with Gasteiger partial charge in [0.2, 0.25) is 0 Å². The topological polar surface area (TPSA) is 97.4 Å². The summed E-state index contributed by atoms with van der Waals surface area (Å²) in [7, 11) is 3.65. The first-order chi connectivity index (χ1) is 29.9. The molecule has 8 nitrogen and oxygen atoms in total. The Bertz CT molecular complexity index is 1030. The molecule has 0 saturated carbocycles. The van der Waals surface area contributed by atoms with E-state index in [-0.39, 0.29) is 50.4 Å². The molecule has 3 atom stereocenters. The monoisotopic (exact) mass is 863 g/mol. The average Bonchev–Trinajstić information content (AvgIpc) is 3.26. The minimum Gasteiger partial charge on any atom is -0.381 e. The lowest BCUT2D eigenvalue weighted by atomic mass is 10.1. The highest BCUT2D eigenvalue weighted by Gasteiger charge is 2.15. The molecule has 0 aromatic heterocycles. The first kappa shape index (κ1) is 59.3. The standard InChI is InChI=1S/C53H98O8/c1-6-9-12-15-24-29-36-48(54)43-59-46-53(61-45-50(56)38-31-26-21-17-19-23-28-35-42-52(58-5)40-33-14-11-8-3)47-60-44-49(55)37-30-25-20-16-18-22-27-34-41-51(57-4)39-32-13-10-7-2/h27-28,34-35,51-53H,6-26,29-33,36-47H2,1-5H3/b34-27+,35-28+. The summed E-state index contributed by atoms with van der Waals surface area (Å²) in [6.45, 7) is 7.05. The lowest BCUT2D eigenvalue weighted by Crippen LogP contribution is -2.30. The fraction of sp³-hybridized carbons (Fsp3) is 0.868. The second kappa shape index (κ2) is 47.8. The fourth-order valence-electron chi connectivity index (χ4n) is 7.51. The summed E-state index contributed by atoms with van der Waals surface area (Å²) in [5.74, 6) is 0.235. The number of Topliss-reactive ketones (excluding diaryl/α,β-unsaturated/α-hetero) is 3. The fourth-order valence-corrected chi connectivity index (χ4v) is 7.51. The molecule has 0 saturated heterocycles. The van der Waals surface area contributed by atoms with Gasteiger partial charge in [0.25, 0.3) is 0 Å². The number of unbranched alkanes of at least 4 members (excludes halogenated alkanes) is 21. The van der Waals surface area contributed by atoms with Gasteiger partial charge in [0.05, 0.1) is 25.4 Å². The molecule has 3 unspecified atom stereocenters. The van der Waals surface area contributed by atoms with Crippen LogP contribution in [-0.2, 0) is 38.1 Å². The predicted octanol–water partition coefficient (Wildman–Crippen LogP) is 14.2. The van der Waals surface area contributed by atoms with E-state index in [1.807, 2.05) is 14.2 Å². The summed E-state index contributed by atoms with van der Waals surface area (Å²) >= 11 is 0. The molecule has 0 bridgehead atoms. The molecule has 0 aliphatic carbocycles. The number of ether oxygens (including phenoxy) is 5. The minimum atomic E-state index is -0.507. The molecule has 0 aliphatic rings. The van der Waals surface area contributed by atoms with E-state index in [1.54, 1.807) is 0 Å². The highest BCUT2D eigenvalue weighted by atomic mass is 16.6. The molecule has 0 spiro atoms. The second-order valence-corrected chi connectivity index (χ2v) is 17.5. The van der Waals surface area contributed by atoms with E-state index in [0.29, 0.717) is 31.5 Å². The first-order valence-corrected chi connectivity index (χ1v) is 25.6. The van der Waals surface area contributed by atoms with Gasteiger partial charge >= 0.3 is 0 Å². The van der Waals surface area contributed by atoms with Crippen molar-refractivity contribution in [2.24, 2.45) is 0 Å². The summed E-state index contributed by atoms with van der Waals surface area (Å²) in [6, 6.07) is 0. The number of allylic oxidation sites excluding steroid dienone is 2. The van der Waals surface area contributed by atoms with Crippen molar-refractivity contribution in [1.29, 1.82) is 0 Å². The molecule has 0 amide bonds. The van der Waals surface area contributed by atoms with E-state index >= 15 is 0 Å². The zero-order chi connectivity index (χ0) is 44.7. The number of carbonyl (C=O) groups excluding carboxylic acids is 3. The lowest BCUT2D eigenvalue weighted by Gasteiger charge is -2.18. The van der Waals surface area contributed by atoms with Crippen molar-refractivity contribution in [1.82, 2.24) is 0 Å². The van der Waals surface area contributed by atoms with Crippen molar-refractivity contribution in [2.45, 2.75) is 251 Å². The Balaban J connectivity index is 4.38. The Hall–Kier alpha value is -1.71. The Labute approximate surface area is 376 Å². The van der Waals surface area contributed by atoms with E-state index in [1.165, 1.54) is 103 Å². The van der Waals surface area contributed by atoms with Gasteiger partial charge in [0.15, 0.2) is 17.3 Å². The molecular formula is C53H98O8. The molecule has 0 rings (SSSR count). The van der Waals surface area contributed by atoms with Crippen LogP contribution in [-0.4, -0.2) is 82.9 Å². The Morgan fingerprint density at radius 3 is 1.13 bits per heavy atom. The van der Waals surface area contributed by atoms with Crippen LogP contribution in [0.25, 0.3) is 0 Å². The minimum absolute atomic E-state index is 0.00844. The van der Waals surface area contributed by atoms with Gasteiger partial charge in [0.1, 0.15) is 25.9 Å². The van der Waals surface area contributed by atoms with Crippen LogP contribution in [0.2, 0.25) is 0 Å². The maximum Gasteiger partial charge on any atom is 0.158 e. The van der Waals surface area contributed by atoms with Crippen LogP contribution in [0.15, 0.2) is 24.3 Å². The molecule has 0 heterocycles. The molecule has 0 aromatic rings. The van der Waals surface area contributed by atoms with Gasteiger partial charge in [-0.2, -0.15) is 0 Å². The van der Waals surface area contributed by atoms with Crippen LogP contribution in [0, 0.1) is 0 Å². The highest BCUT2D eigenvalue weighted by Crippen LogP contribution is 2.15. The Kier molecular flexibility index (Phi) is 46.4. The Morgan fingerprint density at radius 1 is 0.393 bits per heavy atom. The summed E-state index contributed by atoms with van der Waals surface area (Å²) in [4.78, 5) is 37.7. The van der Waals surface area contributed by atoms with Crippen LogP contribution in [0.5, 0.6) is 0 Å². The van der Waals surface area contributed by atoms with Gasteiger partial charge in [-0.3, -0.25) is 14.4 Å². The molecule has 358 valence electrons. The third kappa shape index (κ3) is 43.3. The van der Waals surface area contributed by atoms with Gasteiger partial charge in [0, 0.05) is 33.5 Å². The largest absolute Gasteiger partial charge is 0.381 e. The molecule has 0 fully saturated rings. The number of hydrogen-bond donors (Lipinski definition) is 0. The van der Waals surface area contributed by atoms with Crippen molar-refractivity contribution >= 4 is 17.3 Å². The van der Waals surface area contributed by atoms with E-state index in [2.05, 4.69) is 45.1 Å². The molecule has 0 radical (unpaired) electrons. The summed E-state index contributed by atoms with van der Waals surface area (Å²) in [5.41, 5.74) is 0. The number of methoxy groups -OCH3 is 2. The number of rotatable bonds is 50. The normalized spacial score (nSPS) is 13.4. The molecule has 8 heteroatoms. The quantitative estimate of drug-likeness (QED) is 0.0441. The van der Waals surface area contributed by atoms with Crippen molar-refractivity contribution in [3.63, 3.8) is 0 Å². The Morgan fingerprint density at radius 2 is 0.738 bits per heavy atom. The summed E-state index contributed by atoms with van der Waals surface area (Å²) in [5, 5.41) is 0. The van der Waals surface area contributed by atoms with Crippen LogP contribution in [0.4, 0.5) is 0 Å². The maximum atomic E-state index is 12.7. The predicted molar refractivity (Wildman–Crippen MR) is 256 cm³/mol. The zero-order valence-electron chi connectivity index (χ0n) is 40.7. The van der Waals surface area contributed by atoms with E-state index in [4.69, 9.17) is 23.7 Å². The highest BCUT2D eigenvalue weighted by molar-refractivity contribution is 5.80. The number of carbonyl (C=O) groups is 3. The van der Waals surface area contributed by atoms with Crippen molar-refractivity contribution in [3.05, 3.63) is 24.3 Å². The maximum absolute atomic E-state index is 12.7. The van der Waals surface area contributed by atoms with E-state index in [9.17, 15) is 14.4 Å².